The van der Waals surface area contributed by atoms with Gasteiger partial charge in [0.1, 0.15) is 0 Å². The molecule has 2 nitrogen and oxygen atoms in total. The van der Waals surface area contributed by atoms with Crippen LogP contribution < -0.4 is 11.1 Å². The van der Waals surface area contributed by atoms with Gasteiger partial charge in [-0.3, -0.25) is 11.1 Å². The third-order valence-corrected chi connectivity index (χ3v) is 2.55. The summed E-state index contributed by atoms with van der Waals surface area (Å²) in [6.07, 6.45) is 0. The molecule has 12 heavy (non-hydrogen) atoms. The smallest absolute Gasteiger partial charge is 0.248 e. The number of hydrogen-bond donors (Lipinski definition) is 2. The Morgan fingerprint density at radius 3 is 2.50 bits per heavy atom. The molecule has 0 atom stereocenters. The van der Waals surface area contributed by atoms with Gasteiger partial charge in [0.05, 0.1) is 5.75 Å². The summed E-state index contributed by atoms with van der Waals surface area (Å²) in [6, 6.07) is 7.57. The summed E-state index contributed by atoms with van der Waals surface area (Å²) < 4.78 is 0. The molecule has 0 saturated carbocycles. The molecule has 0 aliphatic heterocycles. The second kappa shape index (κ2) is 4.38. The highest BCUT2D eigenvalue weighted by Gasteiger charge is 1.97. The van der Waals surface area contributed by atoms with E-state index in [1.807, 2.05) is 24.3 Å². The number of hydrogen-bond acceptors (Lipinski definition) is 1. The van der Waals surface area contributed by atoms with Crippen LogP contribution in [0.2, 0.25) is 5.02 Å². The predicted octanol–water partition coefficient (Wildman–Crippen LogP) is 0.548. The first kappa shape index (κ1) is 9.42. The van der Waals surface area contributed by atoms with E-state index in [9.17, 15) is 0 Å². The summed E-state index contributed by atoms with van der Waals surface area (Å²) in [5.74, 6) is 1.08. The first-order valence-electron chi connectivity index (χ1n) is 3.43. The van der Waals surface area contributed by atoms with Crippen LogP contribution >= 0.6 is 23.4 Å². The van der Waals surface area contributed by atoms with Gasteiger partial charge in [-0.25, -0.2) is 0 Å². The van der Waals surface area contributed by atoms with Crippen LogP contribution in [-0.2, 0) is 0 Å². The van der Waals surface area contributed by atoms with Crippen molar-refractivity contribution in [3.05, 3.63) is 29.3 Å². The van der Waals surface area contributed by atoms with Gasteiger partial charge in [-0.1, -0.05) is 11.6 Å². The zero-order valence-corrected chi connectivity index (χ0v) is 8.03. The minimum Gasteiger partial charge on any atom is -0.291 e. The van der Waals surface area contributed by atoms with Gasteiger partial charge in [0.15, 0.2) is 0 Å². The minimum absolute atomic E-state index is 0.440. The largest absolute Gasteiger partial charge is 0.291 e. The van der Waals surface area contributed by atoms with E-state index in [0.717, 1.165) is 9.92 Å². The maximum atomic E-state index is 5.71. The molecule has 4 N–H and O–H groups in total. The van der Waals surface area contributed by atoms with Crippen LogP contribution in [0.15, 0.2) is 29.2 Å². The summed E-state index contributed by atoms with van der Waals surface area (Å²) in [6.45, 7) is 0. The molecule has 0 heterocycles. The standard InChI is InChI=1S/C8H9ClN2S/c9-6-1-3-7(4-2-6)12-5-8(10)11/h1-4H,5H2,(H3,10,11)/p+1. The van der Waals surface area contributed by atoms with E-state index in [1.165, 1.54) is 0 Å². The normalized spacial score (nSPS) is 9.75. The molecule has 1 rings (SSSR count). The Morgan fingerprint density at radius 2 is 2.00 bits per heavy atom. The summed E-state index contributed by atoms with van der Waals surface area (Å²) >= 11 is 7.30. The van der Waals surface area contributed by atoms with E-state index in [2.05, 4.69) is 0 Å². The topological polar surface area (TPSA) is 51.6 Å². The van der Waals surface area contributed by atoms with E-state index >= 15 is 0 Å². The Hall–Kier alpha value is -0.670. The van der Waals surface area contributed by atoms with Crippen molar-refractivity contribution in [2.75, 3.05) is 5.75 Å². The van der Waals surface area contributed by atoms with Gasteiger partial charge >= 0.3 is 0 Å². The summed E-state index contributed by atoms with van der Waals surface area (Å²) in [7, 11) is 0. The molecule has 0 aliphatic rings. The molecule has 0 fully saturated rings. The van der Waals surface area contributed by atoms with Crippen LogP contribution in [0.3, 0.4) is 0 Å². The van der Waals surface area contributed by atoms with Crippen LogP contribution in [0.1, 0.15) is 0 Å². The first-order chi connectivity index (χ1) is 5.68. The Morgan fingerprint density at radius 1 is 1.42 bits per heavy atom. The number of rotatable bonds is 3. The second-order valence-electron chi connectivity index (χ2n) is 2.32. The Labute approximate surface area is 80.6 Å². The van der Waals surface area contributed by atoms with Crippen molar-refractivity contribution < 1.29 is 5.41 Å². The van der Waals surface area contributed by atoms with Crippen molar-refractivity contribution in [3.8, 4) is 0 Å². The molecule has 0 aliphatic carbocycles. The van der Waals surface area contributed by atoms with Crippen LogP contribution in [0, 0.1) is 0 Å². The van der Waals surface area contributed by atoms with Crippen molar-refractivity contribution >= 4 is 29.2 Å². The zero-order chi connectivity index (χ0) is 8.97. The average molecular weight is 202 g/mol. The molecule has 1 aromatic carbocycles. The molecule has 64 valence electrons. The molecular weight excluding hydrogens is 192 g/mol. The zero-order valence-electron chi connectivity index (χ0n) is 6.46. The Kier molecular flexibility index (Phi) is 3.44. The highest BCUT2D eigenvalue weighted by Crippen LogP contribution is 2.19. The number of halogens is 1. The van der Waals surface area contributed by atoms with Gasteiger partial charge in [0, 0.05) is 9.92 Å². The lowest BCUT2D eigenvalue weighted by Gasteiger charge is -1.96. The predicted molar refractivity (Wildman–Crippen MR) is 53.3 cm³/mol. The third-order valence-electron chi connectivity index (χ3n) is 1.22. The molecular formula is C8H10ClN2S+. The maximum absolute atomic E-state index is 5.71. The van der Waals surface area contributed by atoms with E-state index in [-0.39, 0.29) is 0 Å². The Balaban J connectivity index is 2.53. The van der Waals surface area contributed by atoms with Gasteiger partial charge in [-0.2, -0.15) is 0 Å². The van der Waals surface area contributed by atoms with Crippen LogP contribution in [0.5, 0.6) is 0 Å². The number of thioether (sulfide) groups is 1. The van der Waals surface area contributed by atoms with Crippen molar-refractivity contribution in [3.63, 3.8) is 0 Å². The van der Waals surface area contributed by atoms with Crippen molar-refractivity contribution in [2.24, 2.45) is 5.73 Å². The van der Waals surface area contributed by atoms with Crippen LogP contribution in [0.25, 0.3) is 0 Å². The fraction of sp³-hybridized carbons (Fsp3) is 0.125. The van der Waals surface area contributed by atoms with E-state index in [4.69, 9.17) is 22.7 Å². The minimum atomic E-state index is 0.440. The highest BCUT2D eigenvalue weighted by atomic mass is 35.5. The lowest BCUT2D eigenvalue weighted by Crippen LogP contribution is -2.47. The van der Waals surface area contributed by atoms with Crippen molar-refractivity contribution in [2.45, 2.75) is 4.90 Å². The quantitative estimate of drug-likeness (QED) is 0.426. The fourth-order valence-corrected chi connectivity index (χ4v) is 1.49. The van der Waals surface area contributed by atoms with E-state index in [1.54, 1.807) is 11.8 Å². The van der Waals surface area contributed by atoms with Gasteiger partial charge in [-0.05, 0) is 24.3 Å². The number of benzene rings is 1. The summed E-state index contributed by atoms with van der Waals surface area (Å²) in [4.78, 5) is 1.12. The molecule has 0 amide bonds. The average Bonchev–Trinajstić information content (AvgIpc) is 2.03. The van der Waals surface area contributed by atoms with Crippen molar-refractivity contribution in [1.29, 1.82) is 0 Å². The SMILES string of the molecule is NC(=[NH2+])CSc1ccc(Cl)cc1. The van der Waals surface area contributed by atoms with Gasteiger partial charge in [0.25, 0.3) is 0 Å². The molecule has 1 aromatic rings. The second-order valence-corrected chi connectivity index (χ2v) is 3.80. The molecule has 0 unspecified atom stereocenters. The summed E-state index contributed by atoms with van der Waals surface area (Å²) in [5.41, 5.74) is 5.32. The Bertz CT molecular complexity index is 271. The highest BCUT2D eigenvalue weighted by molar-refractivity contribution is 8.00. The van der Waals surface area contributed by atoms with Crippen LogP contribution in [-0.4, -0.2) is 11.6 Å². The van der Waals surface area contributed by atoms with E-state index < -0.39 is 0 Å². The molecule has 0 aromatic heterocycles. The molecule has 0 radical (unpaired) electrons. The van der Waals surface area contributed by atoms with Gasteiger partial charge in [0.2, 0.25) is 5.84 Å². The van der Waals surface area contributed by atoms with Gasteiger partial charge in [-0.15, -0.1) is 11.8 Å². The number of amidine groups is 1. The number of nitrogens with two attached hydrogens (primary N) is 2. The maximum Gasteiger partial charge on any atom is 0.248 e. The van der Waals surface area contributed by atoms with Crippen LogP contribution in [0.4, 0.5) is 0 Å². The molecule has 0 bridgehead atoms. The van der Waals surface area contributed by atoms with Crippen molar-refractivity contribution in [1.82, 2.24) is 0 Å². The molecule has 0 spiro atoms. The molecule has 4 heteroatoms. The van der Waals surface area contributed by atoms with Gasteiger partial charge < -0.3 is 0 Å². The lowest BCUT2D eigenvalue weighted by molar-refractivity contribution is -0.115. The monoisotopic (exact) mass is 201 g/mol. The fourth-order valence-electron chi connectivity index (χ4n) is 0.697. The third kappa shape index (κ3) is 3.15. The molecule has 0 saturated heterocycles. The lowest BCUT2D eigenvalue weighted by atomic mass is 10.4. The van der Waals surface area contributed by atoms with E-state index in [0.29, 0.717) is 11.6 Å². The summed E-state index contributed by atoms with van der Waals surface area (Å²) in [5, 5.41) is 6.06. The first-order valence-corrected chi connectivity index (χ1v) is 4.80.